The quantitative estimate of drug-likeness (QED) is 0.500. The summed E-state index contributed by atoms with van der Waals surface area (Å²) >= 11 is 1.24. The van der Waals surface area contributed by atoms with Crippen molar-refractivity contribution in [3.8, 4) is 5.75 Å². The van der Waals surface area contributed by atoms with Gasteiger partial charge in [-0.15, -0.1) is 10.2 Å². The van der Waals surface area contributed by atoms with Crippen molar-refractivity contribution in [2.24, 2.45) is 0 Å². The number of aromatic nitrogens is 4. The van der Waals surface area contributed by atoms with Gasteiger partial charge < -0.3 is 15.0 Å². The van der Waals surface area contributed by atoms with Crippen LogP contribution < -0.4 is 10.1 Å². The smallest absolute Gasteiger partial charge is 0.234 e. The number of aryl methyl sites for hydroxylation is 2. The van der Waals surface area contributed by atoms with Crippen molar-refractivity contribution in [3.05, 3.63) is 47.5 Å². The Morgan fingerprint density at radius 3 is 2.75 bits per heavy atom. The number of H-pyrrole nitrogens is 1. The molecule has 8 heteroatoms. The number of hydrogen-bond donors (Lipinski definition) is 2. The summed E-state index contributed by atoms with van der Waals surface area (Å²) in [5.74, 6) is 0.620. The molecule has 0 radical (unpaired) electrons. The first kappa shape index (κ1) is 18.2. The molecule has 2 aromatic heterocycles. The topological polar surface area (TPSA) is 92.8 Å². The molecule has 0 bridgehead atoms. The highest BCUT2D eigenvalue weighted by Gasteiger charge is 2.14. The van der Waals surface area contributed by atoms with Crippen LogP contribution in [0.1, 0.15) is 11.1 Å². The molecule has 4 aromatic rings. The van der Waals surface area contributed by atoms with Gasteiger partial charge in [-0.2, -0.15) is 0 Å². The number of nitrogens with zero attached hydrogens (tertiary/aromatic N) is 3. The zero-order valence-corrected chi connectivity index (χ0v) is 16.6. The lowest BCUT2D eigenvalue weighted by Crippen LogP contribution is -2.15. The third-order valence-electron chi connectivity index (χ3n) is 4.48. The largest absolute Gasteiger partial charge is 0.495 e. The van der Waals surface area contributed by atoms with Crippen LogP contribution in [0.5, 0.6) is 5.75 Å². The van der Waals surface area contributed by atoms with Gasteiger partial charge in [0.05, 0.1) is 24.1 Å². The van der Waals surface area contributed by atoms with E-state index in [1.807, 2.05) is 26.0 Å². The van der Waals surface area contributed by atoms with E-state index in [0.717, 1.165) is 27.5 Å². The molecule has 0 unspecified atom stereocenters. The Morgan fingerprint density at radius 1 is 1.14 bits per heavy atom. The number of fused-ring (bicyclic) bond motifs is 3. The first-order valence-electron chi connectivity index (χ1n) is 8.75. The Bertz CT molecular complexity index is 1190. The molecule has 0 aliphatic carbocycles. The molecule has 28 heavy (non-hydrogen) atoms. The van der Waals surface area contributed by atoms with E-state index in [9.17, 15) is 4.79 Å². The lowest BCUT2D eigenvalue weighted by molar-refractivity contribution is -0.113. The highest BCUT2D eigenvalue weighted by atomic mass is 32.2. The van der Waals surface area contributed by atoms with E-state index in [1.165, 1.54) is 11.8 Å². The normalized spacial score (nSPS) is 11.1. The average Bonchev–Trinajstić information content (AvgIpc) is 3.10. The van der Waals surface area contributed by atoms with Gasteiger partial charge in [-0.25, -0.2) is 4.98 Å². The predicted octanol–water partition coefficient (Wildman–Crippen LogP) is 3.86. The van der Waals surface area contributed by atoms with Crippen LogP contribution in [0.3, 0.4) is 0 Å². The maximum Gasteiger partial charge on any atom is 0.234 e. The third-order valence-corrected chi connectivity index (χ3v) is 5.32. The molecule has 0 spiro atoms. The van der Waals surface area contributed by atoms with Crippen molar-refractivity contribution in [1.82, 2.24) is 20.2 Å². The fourth-order valence-corrected chi connectivity index (χ4v) is 3.67. The first-order valence-corrected chi connectivity index (χ1v) is 9.73. The van der Waals surface area contributed by atoms with Crippen LogP contribution in [0.25, 0.3) is 22.1 Å². The van der Waals surface area contributed by atoms with Gasteiger partial charge in [0, 0.05) is 5.39 Å². The number of ether oxygens (including phenoxy) is 1. The monoisotopic (exact) mass is 393 g/mol. The maximum absolute atomic E-state index is 12.3. The Morgan fingerprint density at radius 2 is 1.93 bits per heavy atom. The summed E-state index contributed by atoms with van der Waals surface area (Å²) in [4.78, 5) is 20.1. The molecule has 2 aromatic carbocycles. The minimum atomic E-state index is -0.165. The van der Waals surface area contributed by atoms with Gasteiger partial charge in [0.1, 0.15) is 11.3 Å². The molecule has 0 saturated heterocycles. The van der Waals surface area contributed by atoms with Gasteiger partial charge in [0.2, 0.25) is 11.1 Å². The van der Waals surface area contributed by atoms with Crippen LogP contribution >= 0.6 is 11.8 Å². The van der Waals surface area contributed by atoms with Crippen molar-refractivity contribution in [2.45, 2.75) is 19.0 Å². The van der Waals surface area contributed by atoms with E-state index >= 15 is 0 Å². The van der Waals surface area contributed by atoms with Crippen molar-refractivity contribution < 1.29 is 9.53 Å². The number of nitrogens with one attached hydrogen (secondary N) is 2. The number of hydrogen-bond acceptors (Lipinski definition) is 6. The zero-order chi connectivity index (χ0) is 19.7. The summed E-state index contributed by atoms with van der Waals surface area (Å²) in [6.07, 6.45) is 0. The Balaban J connectivity index is 1.52. The molecule has 0 aliphatic heterocycles. The number of aromatic amines is 1. The van der Waals surface area contributed by atoms with E-state index in [1.54, 1.807) is 19.2 Å². The zero-order valence-electron chi connectivity index (χ0n) is 15.7. The average molecular weight is 393 g/mol. The lowest BCUT2D eigenvalue weighted by Gasteiger charge is -2.09. The summed E-state index contributed by atoms with van der Waals surface area (Å²) in [5, 5.41) is 12.9. The summed E-state index contributed by atoms with van der Waals surface area (Å²) in [6, 6.07) is 11.4. The molecule has 7 nitrogen and oxygen atoms in total. The van der Waals surface area contributed by atoms with Crippen LogP contribution in [-0.2, 0) is 4.79 Å². The SMILES string of the molecule is COc1ccccc1NC(=O)CSc1nnc2c(n1)[nH]c1c(C)ccc(C)c12. The number of rotatable bonds is 5. The number of amides is 1. The third kappa shape index (κ3) is 3.38. The van der Waals surface area contributed by atoms with Gasteiger partial charge in [0.25, 0.3) is 0 Å². The molecule has 142 valence electrons. The second kappa shape index (κ2) is 7.47. The second-order valence-electron chi connectivity index (χ2n) is 6.40. The van der Waals surface area contributed by atoms with Gasteiger partial charge in [-0.05, 0) is 37.1 Å². The van der Waals surface area contributed by atoms with Crippen molar-refractivity contribution in [3.63, 3.8) is 0 Å². The summed E-state index contributed by atoms with van der Waals surface area (Å²) in [5.41, 5.74) is 5.33. The Hall–Kier alpha value is -3.13. The number of methoxy groups -OCH3 is 1. The molecule has 0 fully saturated rings. The highest BCUT2D eigenvalue weighted by molar-refractivity contribution is 7.99. The van der Waals surface area contributed by atoms with Gasteiger partial charge >= 0.3 is 0 Å². The standard InChI is InChI=1S/C20H19N5O2S/c1-11-8-9-12(2)17-16(11)18-19(22-17)23-20(25-24-18)28-10-15(26)21-13-6-4-5-7-14(13)27-3/h4-9H,10H2,1-3H3,(H,21,26)(H,22,23,25). The van der Waals surface area contributed by atoms with Crippen LogP contribution in [0.15, 0.2) is 41.6 Å². The first-order chi connectivity index (χ1) is 13.6. The molecular weight excluding hydrogens is 374 g/mol. The predicted molar refractivity (Wildman–Crippen MR) is 111 cm³/mol. The van der Waals surface area contributed by atoms with Crippen LogP contribution in [0.2, 0.25) is 0 Å². The molecule has 2 N–H and O–H groups in total. The van der Waals surface area contributed by atoms with Gasteiger partial charge in [-0.1, -0.05) is 36.0 Å². The number of benzene rings is 2. The van der Waals surface area contributed by atoms with Gasteiger partial charge in [-0.3, -0.25) is 4.79 Å². The summed E-state index contributed by atoms with van der Waals surface area (Å²) in [7, 11) is 1.57. The Labute approximate surface area is 165 Å². The van der Waals surface area contributed by atoms with E-state index in [2.05, 4.69) is 37.6 Å². The summed E-state index contributed by atoms with van der Waals surface area (Å²) < 4.78 is 5.24. The molecule has 0 aliphatic rings. The highest BCUT2D eigenvalue weighted by Crippen LogP contribution is 2.29. The number of anilines is 1. The minimum absolute atomic E-state index is 0.165. The fraction of sp³-hybridized carbons (Fsp3) is 0.200. The lowest BCUT2D eigenvalue weighted by atomic mass is 10.1. The number of carbonyl (C=O) groups is 1. The molecular formula is C20H19N5O2S. The van der Waals surface area contributed by atoms with E-state index < -0.39 is 0 Å². The van der Waals surface area contributed by atoms with Crippen molar-refractivity contribution in [2.75, 3.05) is 18.2 Å². The number of para-hydroxylation sites is 2. The van der Waals surface area contributed by atoms with E-state index in [-0.39, 0.29) is 11.7 Å². The Kier molecular flexibility index (Phi) is 4.87. The van der Waals surface area contributed by atoms with Crippen molar-refractivity contribution in [1.29, 1.82) is 0 Å². The minimum Gasteiger partial charge on any atom is -0.495 e. The maximum atomic E-state index is 12.3. The van der Waals surface area contributed by atoms with Gasteiger partial charge in [0.15, 0.2) is 5.65 Å². The second-order valence-corrected chi connectivity index (χ2v) is 7.35. The van der Waals surface area contributed by atoms with E-state index in [0.29, 0.717) is 22.2 Å². The van der Waals surface area contributed by atoms with Crippen LogP contribution in [0.4, 0.5) is 5.69 Å². The van der Waals surface area contributed by atoms with Crippen LogP contribution in [-0.4, -0.2) is 38.9 Å². The molecule has 0 atom stereocenters. The summed E-state index contributed by atoms with van der Waals surface area (Å²) in [6.45, 7) is 4.09. The number of carbonyl (C=O) groups excluding carboxylic acids is 1. The molecule has 2 heterocycles. The van der Waals surface area contributed by atoms with E-state index in [4.69, 9.17) is 4.74 Å². The fourth-order valence-electron chi connectivity index (χ4n) is 3.09. The molecule has 4 rings (SSSR count). The van der Waals surface area contributed by atoms with Crippen LogP contribution in [0, 0.1) is 13.8 Å². The number of thioether (sulfide) groups is 1. The van der Waals surface area contributed by atoms with Crippen molar-refractivity contribution >= 4 is 45.4 Å². The molecule has 0 saturated carbocycles. The molecule has 1 amide bonds.